The molecular formula is C18H22N4O5S. The van der Waals surface area contributed by atoms with Gasteiger partial charge in [-0.1, -0.05) is 13.8 Å². The van der Waals surface area contributed by atoms with Gasteiger partial charge in [-0.15, -0.1) is 0 Å². The number of ether oxygens (including phenoxy) is 1. The van der Waals surface area contributed by atoms with Crippen molar-refractivity contribution in [3.63, 3.8) is 0 Å². The molecule has 9 nitrogen and oxygen atoms in total. The Balaban J connectivity index is 1.94. The minimum atomic E-state index is -4.16. The molecule has 2 N–H and O–H groups in total. The maximum Gasteiger partial charge on any atom is 0.268 e. The van der Waals surface area contributed by atoms with Gasteiger partial charge in [-0.2, -0.15) is 5.10 Å². The fourth-order valence-electron chi connectivity index (χ4n) is 3.04. The third-order valence-corrected chi connectivity index (χ3v) is 5.90. The zero-order valence-electron chi connectivity index (χ0n) is 16.2. The van der Waals surface area contributed by atoms with Gasteiger partial charge in [0.1, 0.15) is 5.75 Å². The van der Waals surface area contributed by atoms with Crippen LogP contribution < -0.4 is 14.8 Å². The molecule has 2 aromatic rings. The lowest BCUT2D eigenvalue weighted by Crippen LogP contribution is -2.40. The summed E-state index contributed by atoms with van der Waals surface area (Å²) in [6.07, 6.45) is 0.726. The Morgan fingerprint density at radius 2 is 2.00 bits per heavy atom. The molecule has 1 aromatic heterocycles. The number of sulfonamides is 1. The van der Waals surface area contributed by atoms with Crippen LogP contribution in [0.3, 0.4) is 0 Å². The van der Waals surface area contributed by atoms with E-state index in [-0.39, 0.29) is 28.0 Å². The van der Waals surface area contributed by atoms with Crippen LogP contribution in [0.2, 0.25) is 0 Å². The third kappa shape index (κ3) is 3.59. The normalized spacial score (nSPS) is 16.4. The summed E-state index contributed by atoms with van der Waals surface area (Å²) in [6, 6.07) is 2.84. The van der Waals surface area contributed by atoms with Gasteiger partial charge in [-0.3, -0.25) is 14.3 Å². The van der Waals surface area contributed by atoms with Crippen LogP contribution >= 0.6 is 0 Å². The van der Waals surface area contributed by atoms with Crippen LogP contribution in [0, 0.1) is 19.8 Å². The second-order valence-corrected chi connectivity index (χ2v) is 8.77. The van der Waals surface area contributed by atoms with Gasteiger partial charge in [0.05, 0.1) is 21.8 Å². The van der Waals surface area contributed by atoms with E-state index in [0.29, 0.717) is 16.9 Å². The molecule has 2 heterocycles. The Kier molecular flexibility index (Phi) is 4.92. The fourth-order valence-corrected chi connectivity index (χ4v) is 4.25. The van der Waals surface area contributed by atoms with Crippen LogP contribution in [0.4, 0.5) is 5.69 Å². The number of aryl methyl sites for hydroxylation is 3. The van der Waals surface area contributed by atoms with E-state index in [1.54, 1.807) is 20.9 Å². The van der Waals surface area contributed by atoms with Gasteiger partial charge in [0.2, 0.25) is 0 Å². The van der Waals surface area contributed by atoms with Crippen molar-refractivity contribution < 1.29 is 22.7 Å². The highest BCUT2D eigenvalue weighted by Gasteiger charge is 2.32. The lowest BCUT2D eigenvalue weighted by molar-refractivity contribution is -0.125. The SMILES string of the molecule is Cc1cc2c(cc1S(=O)(=O)NC(=O)c1cn(C)nc1C)OC(C(C)C)C(=O)N2. The van der Waals surface area contributed by atoms with Crippen LogP contribution in [-0.2, 0) is 21.9 Å². The Hall–Kier alpha value is -2.88. The maximum atomic E-state index is 12.8. The van der Waals surface area contributed by atoms with Crippen molar-refractivity contribution in [1.82, 2.24) is 14.5 Å². The van der Waals surface area contributed by atoms with E-state index in [1.807, 2.05) is 13.8 Å². The number of benzene rings is 1. The molecule has 28 heavy (non-hydrogen) atoms. The van der Waals surface area contributed by atoms with Gasteiger partial charge in [0, 0.05) is 19.3 Å². The quantitative estimate of drug-likeness (QED) is 0.794. The summed E-state index contributed by atoms with van der Waals surface area (Å²) in [5.74, 6) is -0.896. The van der Waals surface area contributed by atoms with Crippen LogP contribution in [0.1, 0.15) is 35.5 Å². The van der Waals surface area contributed by atoms with Gasteiger partial charge >= 0.3 is 0 Å². The topological polar surface area (TPSA) is 119 Å². The summed E-state index contributed by atoms with van der Waals surface area (Å²) in [5, 5.41) is 6.77. The highest BCUT2D eigenvalue weighted by molar-refractivity contribution is 7.90. The van der Waals surface area contributed by atoms with Gasteiger partial charge < -0.3 is 10.1 Å². The average molecular weight is 406 g/mol. The molecule has 1 aliphatic heterocycles. The Labute approximate surface area is 163 Å². The summed E-state index contributed by atoms with van der Waals surface area (Å²) >= 11 is 0. The van der Waals surface area contributed by atoms with Crippen LogP contribution in [0.5, 0.6) is 5.75 Å². The molecule has 1 aliphatic rings. The Bertz CT molecular complexity index is 1070. The van der Waals surface area contributed by atoms with Gasteiger partial charge in [-0.25, -0.2) is 13.1 Å². The van der Waals surface area contributed by atoms with E-state index < -0.39 is 22.0 Å². The van der Waals surface area contributed by atoms with E-state index in [2.05, 4.69) is 15.1 Å². The van der Waals surface area contributed by atoms with Gasteiger partial charge in [0.25, 0.3) is 21.8 Å². The second kappa shape index (κ2) is 6.93. The first-order valence-corrected chi connectivity index (χ1v) is 10.2. The van der Waals surface area contributed by atoms with Crippen LogP contribution in [0.25, 0.3) is 0 Å². The summed E-state index contributed by atoms with van der Waals surface area (Å²) in [6.45, 7) is 6.86. The molecule has 0 bridgehead atoms. The van der Waals surface area contributed by atoms with E-state index >= 15 is 0 Å². The molecule has 3 rings (SSSR count). The van der Waals surface area contributed by atoms with Crippen molar-refractivity contribution in [2.75, 3.05) is 5.32 Å². The standard InChI is InChI=1S/C18H22N4O5S/c1-9(2)16-18(24)19-13-6-10(3)15(7-14(13)27-16)28(25,26)21-17(23)12-8-22(5)20-11(12)4/h6-9,16H,1-5H3,(H,19,24)(H,21,23). The summed E-state index contributed by atoms with van der Waals surface area (Å²) in [5.41, 5.74) is 1.36. The van der Waals surface area contributed by atoms with Crippen molar-refractivity contribution in [2.45, 2.75) is 38.7 Å². The smallest absolute Gasteiger partial charge is 0.268 e. The molecule has 0 fully saturated rings. The molecule has 0 saturated heterocycles. The molecule has 0 saturated carbocycles. The van der Waals surface area contributed by atoms with E-state index in [4.69, 9.17) is 4.74 Å². The number of anilines is 1. The van der Waals surface area contributed by atoms with Crippen LogP contribution in [0.15, 0.2) is 23.2 Å². The summed E-state index contributed by atoms with van der Waals surface area (Å²) < 4.78 is 34.8. The average Bonchev–Trinajstić information content (AvgIpc) is 2.91. The molecule has 0 spiro atoms. The Morgan fingerprint density at radius 1 is 1.32 bits per heavy atom. The molecule has 0 radical (unpaired) electrons. The second-order valence-electron chi connectivity index (χ2n) is 7.12. The number of fused-ring (bicyclic) bond motifs is 1. The van der Waals surface area contributed by atoms with Crippen molar-refractivity contribution in [2.24, 2.45) is 13.0 Å². The van der Waals surface area contributed by atoms with Crippen molar-refractivity contribution in [3.8, 4) is 5.75 Å². The maximum absolute atomic E-state index is 12.8. The molecule has 1 aromatic carbocycles. The number of hydrogen-bond donors (Lipinski definition) is 2. The lowest BCUT2D eigenvalue weighted by Gasteiger charge is -2.29. The zero-order chi connectivity index (χ0) is 20.8. The fraction of sp³-hybridized carbons (Fsp3) is 0.389. The molecule has 1 unspecified atom stereocenters. The predicted molar refractivity (Wildman–Crippen MR) is 102 cm³/mol. The van der Waals surface area contributed by atoms with E-state index in [0.717, 1.165) is 0 Å². The van der Waals surface area contributed by atoms with E-state index in [1.165, 1.54) is 23.0 Å². The van der Waals surface area contributed by atoms with E-state index in [9.17, 15) is 18.0 Å². The number of hydrogen-bond acceptors (Lipinski definition) is 6. The predicted octanol–water partition coefficient (Wildman–Crippen LogP) is 1.51. The number of nitrogens with one attached hydrogen (secondary N) is 2. The molecule has 10 heteroatoms. The minimum absolute atomic E-state index is 0.0947. The largest absolute Gasteiger partial charge is 0.478 e. The monoisotopic (exact) mass is 406 g/mol. The first-order chi connectivity index (χ1) is 13.0. The highest BCUT2D eigenvalue weighted by atomic mass is 32.2. The molecule has 1 atom stereocenters. The number of carbonyl (C=O) groups excluding carboxylic acids is 2. The molecule has 150 valence electrons. The summed E-state index contributed by atoms with van der Waals surface area (Å²) in [7, 11) is -2.52. The summed E-state index contributed by atoms with van der Waals surface area (Å²) in [4.78, 5) is 24.4. The number of carbonyl (C=O) groups is 2. The lowest BCUT2D eigenvalue weighted by atomic mass is 10.0. The number of aromatic nitrogens is 2. The number of rotatable bonds is 4. The zero-order valence-corrected chi connectivity index (χ0v) is 17.0. The molecular weight excluding hydrogens is 384 g/mol. The number of nitrogens with zero attached hydrogens (tertiary/aromatic N) is 2. The van der Waals surface area contributed by atoms with Crippen LogP contribution in [-0.4, -0.2) is 36.1 Å². The van der Waals surface area contributed by atoms with Crippen molar-refractivity contribution in [1.29, 1.82) is 0 Å². The van der Waals surface area contributed by atoms with Crippen molar-refractivity contribution >= 4 is 27.5 Å². The first-order valence-electron chi connectivity index (χ1n) is 8.69. The van der Waals surface area contributed by atoms with Crippen molar-refractivity contribution in [3.05, 3.63) is 35.2 Å². The van der Waals surface area contributed by atoms with Gasteiger partial charge in [-0.05, 0) is 31.4 Å². The van der Waals surface area contributed by atoms with Gasteiger partial charge in [0.15, 0.2) is 6.10 Å². The Morgan fingerprint density at radius 3 is 2.57 bits per heavy atom. The molecule has 2 amide bonds. The minimum Gasteiger partial charge on any atom is -0.478 e. The number of amides is 2. The third-order valence-electron chi connectivity index (χ3n) is 4.43. The first kappa shape index (κ1) is 19.9. The highest BCUT2D eigenvalue weighted by Crippen LogP contribution is 2.35. The molecule has 0 aliphatic carbocycles.